The van der Waals surface area contributed by atoms with Crippen molar-refractivity contribution < 1.29 is 14.6 Å². The molecule has 3 rings (SSSR count). The highest BCUT2D eigenvalue weighted by molar-refractivity contribution is 9.10. The van der Waals surface area contributed by atoms with Gasteiger partial charge < -0.3 is 19.6 Å². The topological polar surface area (TPSA) is 53.0 Å². The van der Waals surface area contributed by atoms with Crippen LogP contribution in [0.25, 0.3) is 0 Å². The van der Waals surface area contributed by atoms with Crippen molar-refractivity contribution in [1.29, 1.82) is 0 Å². The molecule has 5 nitrogen and oxygen atoms in total. The number of rotatable bonds is 2. The van der Waals surface area contributed by atoms with Crippen molar-refractivity contribution in [2.75, 3.05) is 18.0 Å². The number of ether oxygens (including phenoxy) is 1. The minimum absolute atomic E-state index is 0.112. The molecule has 1 amide bonds. The van der Waals surface area contributed by atoms with E-state index in [2.05, 4.69) is 20.8 Å². The molecule has 0 saturated carbocycles. The molecular formula is C21H30BrClN2O3. The van der Waals surface area contributed by atoms with E-state index >= 15 is 0 Å². The van der Waals surface area contributed by atoms with E-state index in [4.69, 9.17) is 16.3 Å². The number of anilines is 1. The molecular weight excluding hydrogens is 444 g/mol. The van der Waals surface area contributed by atoms with E-state index in [1.807, 2.05) is 32.9 Å². The molecule has 1 N–H and O–H groups in total. The van der Waals surface area contributed by atoms with E-state index in [1.165, 1.54) is 5.56 Å². The summed E-state index contributed by atoms with van der Waals surface area (Å²) in [4.78, 5) is 16.9. The van der Waals surface area contributed by atoms with Crippen LogP contribution in [0.1, 0.15) is 53.0 Å². The van der Waals surface area contributed by atoms with E-state index in [-0.39, 0.29) is 18.2 Å². The molecule has 2 aliphatic heterocycles. The fraction of sp³-hybridized carbons (Fsp3) is 0.667. The Kier molecular flexibility index (Phi) is 5.97. The second kappa shape index (κ2) is 7.69. The number of hydrogen-bond donors (Lipinski definition) is 1. The van der Waals surface area contributed by atoms with Crippen molar-refractivity contribution in [3.05, 3.63) is 27.2 Å². The molecule has 2 atom stereocenters. The Balaban J connectivity index is 1.90. The predicted molar refractivity (Wildman–Crippen MR) is 116 cm³/mol. The van der Waals surface area contributed by atoms with E-state index in [1.54, 1.807) is 18.7 Å². The average Bonchev–Trinajstić information content (AvgIpc) is 2.98. The van der Waals surface area contributed by atoms with Gasteiger partial charge >= 0.3 is 6.09 Å². The van der Waals surface area contributed by atoms with Gasteiger partial charge in [-0.1, -0.05) is 11.6 Å². The van der Waals surface area contributed by atoms with Crippen molar-refractivity contribution in [2.45, 2.75) is 77.2 Å². The standard InChI is InChI=1S/C21H30BrClN2O3/c1-20(2,3)28-19(26)25-12-15(11-17(25)21(4,5)27)24-8-6-7-13-9-14(23)10-16(22)18(13)24/h9-10,15,17,27H,6-8,11-12H2,1-5H3/t15-,17+/m0/s1. The minimum atomic E-state index is -1.01. The first kappa shape index (κ1) is 21.7. The van der Waals surface area contributed by atoms with Crippen molar-refractivity contribution in [1.82, 2.24) is 4.90 Å². The van der Waals surface area contributed by atoms with E-state index in [0.29, 0.717) is 13.0 Å². The van der Waals surface area contributed by atoms with Gasteiger partial charge in [-0.3, -0.25) is 0 Å². The Morgan fingerprint density at radius 1 is 1.29 bits per heavy atom. The lowest BCUT2D eigenvalue weighted by Gasteiger charge is -2.37. The second-order valence-corrected chi connectivity index (χ2v) is 10.7. The number of aliphatic hydroxyl groups is 1. The molecule has 1 aromatic rings. The predicted octanol–water partition coefficient (Wildman–Crippen LogP) is 5.00. The Morgan fingerprint density at radius 3 is 2.57 bits per heavy atom. The molecule has 0 unspecified atom stereocenters. The number of benzene rings is 1. The fourth-order valence-electron chi connectivity index (χ4n) is 4.28. The first-order valence-corrected chi connectivity index (χ1v) is 11.0. The average molecular weight is 474 g/mol. The van der Waals surface area contributed by atoms with Crippen LogP contribution in [0.3, 0.4) is 0 Å². The highest BCUT2D eigenvalue weighted by Crippen LogP contribution is 2.41. The lowest BCUT2D eigenvalue weighted by atomic mass is 9.94. The number of fused-ring (bicyclic) bond motifs is 1. The van der Waals surface area contributed by atoms with E-state index in [9.17, 15) is 9.90 Å². The number of halogens is 2. The normalized spacial score (nSPS) is 23.0. The monoisotopic (exact) mass is 472 g/mol. The van der Waals surface area contributed by atoms with Crippen LogP contribution >= 0.6 is 27.5 Å². The smallest absolute Gasteiger partial charge is 0.410 e. The maximum Gasteiger partial charge on any atom is 0.410 e. The zero-order chi connectivity index (χ0) is 20.9. The third-order valence-electron chi connectivity index (χ3n) is 5.40. The van der Waals surface area contributed by atoms with Crippen LogP contribution < -0.4 is 4.90 Å². The molecule has 1 fully saturated rings. The molecule has 1 saturated heterocycles. The Morgan fingerprint density at radius 2 is 1.96 bits per heavy atom. The summed E-state index contributed by atoms with van der Waals surface area (Å²) in [5.74, 6) is 0. The number of nitrogens with zero attached hydrogens (tertiary/aromatic N) is 2. The van der Waals surface area contributed by atoms with Gasteiger partial charge in [0.1, 0.15) is 5.60 Å². The fourth-order valence-corrected chi connectivity index (χ4v) is 5.38. The summed E-state index contributed by atoms with van der Waals surface area (Å²) in [6.07, 6.45) is 2.35. The molecule has 0 aromatic heterocycles. The number of hydrogen-bond acceptors (Lipinski definition) is 4. The second-order valence-electron chi connectivity index (χ2n) is 9.38. The maximum absolute atomic E-state index is 12.9. The van der Waals surface area contributed by atoms with Crippen LogP contribution in [0.5, 0.6) is 0 Å². The van der Waals surface area contributed by atoms with Gasteiger partial charge in [0.15, 0.2) is 0 Å². The summed E-state index contributed by atoms with van der Waals surface area (Å²) < 4.78 is 6.60. The summed E-state index contributed by atoms with van der Waals surface area (Å²) in [6, 6.07) is 3.76. The van der Waals surface area contributed by atoms with Gasteiger partial charge in [0.25, 0.3) is 0 Å². The van der Waals surface area contributed by atoms with Crippen LogP contribution in [0, 0.1) is 0 Å². The number of carbonyl (C=O) groups is 1. The summed E-state index contributed by atoms with van der Waals surface area (Å²) >= 11 is 9.93. The van der Waals surface area contributed by atoms with E-state index < -0.39 is 11.2 Å². The molecule has 2 heterocycles. The number of likely N-dealkylation sites (tertiary alicyclic amines) is 1. The van der Waals surface area contributed by atoms with Crippen LogP contribution in [0.15, 0.2) is 16.6 Å². The highest BCUT2D eigenvalue weighted by Gasteiger charge is 2.46. The van der Waals surface area contributed by atoms with Crippen LogP contribution in [0.2, 0.25) is 5.02 Å². The lowest BCUT2D eigenvalue weighted by molar-refractivity contribution is -0.0240. The Labute approximate surface area is 181 Å². The van der Waals surface area contributed by atoms with Gasteiger partial charge in [-0.2, -0.15) is 0 Å². The van der Waals surface area contributed by atoms with Crippen molar-refractivity contribution in [3.63, 3.8) is 0 Å². The Bertz CT molecular complexity index is 757. The number of carbonyl (C=O) groups excluding carboxylic acids is 1. The van der Waals surface area contributed by atoms with Gasteiger partial charge in [-0.15, -0.1) is 0 Å². The molecule has 28 heavy (non-hydrogen) atoms. The molecule has 0 bridgehead atoms. The molecule has 0 aliphatic carbocycles. The first-order chi connectivity index (χ1) is 12.9. The molecule has 1 aromatic carbocycles. The third-order valence-corrected chi connectivity index (χ3v) is 6.23. The van der Waals surface area contributed by atoms with Crippen molar-refractivity contribution in [2.24, 2.45) is 0 Å². The van der Waals surface area contributed by atoms with Crippen molar-refractivity contribution in [3.8, 4) is 0 Å². The Hall–Kier alpha value is -0.980. The highest BCUT2D eigenvalue weighted by atomic mass is 79.9. The molecule has 2 aliphatic rings. The number of amides is 1. The lowest BCUT2D eigenvalue weighted by Crippen LogP contribution is -2.49. The third kappa shape index (κ3) is 4.60. The molecule has 7 heteroatoms. The molecule has 0 radical (unpaired) electrons. The summed E-state index contributed by atoms with van der Waals surface area (Å²) in [7, 11) is 0. The van der Waals surface area contributed by atoms with Crippen molar-refractivity contribution >= 4 is 39.3 Å². The molecule has 0 spiro atoms. The van der Waals surface area contributed by atoms with Crippen LogP contribution in [0.4, 0.5) is 10.5 Å². The van der Waals surface area contributed by atoms with Gasteiger partial charge in [-0.05, 0) is 87.5 Å². The maximum atomic E-state index is 12.9. The molecule has 156 valence electrons. The van der Waals surface area contributed by atoms with Gasteiger partial charge in [0.2, 0.25) is 0 Å². The van der Waals surface area contributed by atoms with Gasteiger partial charge in [0.05, 0.1) is 17.3 Å². The first-order valence-electron chi connectivity index (χ1n) is 9.83. The van der Waals surface area contributed by atoms with Crippen LogP contribution in [-0.4, -0.2) is 52.5 Å². The quantitative estimate of drug-likeness (QED) is 0.656. The SMILES string of the molecule is CC(C)(C)OC(=O)N1C[C@@H](N2CCCc3cc(Cl)cc(Br)c32)C[C@@H]1C(C)(C)O. The minimum Gasteiger partial charge on any atom is -0.444 e. The summed E-state index contributed by atoms with van der Waals surface area (Å²) in [5, 5.41) is 11.5. The zero-order valence-corrected chi connectivity index (χ0v) is 19.6. The number of aryl methyl sites for hydroxylation is 1. The largest absolute Gasteiger partial charge is 0.444 e. The summed E-state index contributed by atoms with van der Waals surface area (Å²) in [5.41, 5.74) is 0.792. The zero-order valence-electron chi connectivity index (χ0n) is 17.3. The van der Waals surface area contributed by atoms with Crippen LogP contribution in [-0.2, 0) is 11.2 Å². The van der Waals surface area contributed by atoms with Gasteiger partial charge in [-0.25, -0.2) is 4.79 Å². The van der Waals surface area contributed by atoms with E-state index in [0.717, 1.165) is 34.6 Å². The summed E-state index contributed by atoms with van der Waals surface area (Å²) in [6.45, 7) is 10.5. The van der Waals surface area contributed by atoms with Gasteiger partial charge in [0, 0.05) is 28.6 Å².